The summed E-state index contributed by atoms with van der Waals surface area (Å²) in [6.07, 6.45) is 6.05. The van der Waals surface area contributed by atoms with E-state index < -0.39 is 10.0 Å². The number of ether oxygens (including phenoxy) is 1. The number of aromatic nitrogens is 3. The lowest BCUT2D eigenvalue weighted by molar-refractivity contribution is -0.122. The molecule has 0 saturated heterocycles. The van der Waals surface area contributed by atoms with Gasteiger partial charge in [-0.25, -0.2) is 18.4 Å². The second-order valence-electron chi connectivity index (χ2n) is 10.4. The number of rotatable bonds is 14. The minimum absolute atomic E-state index is 0.157. The number of anilines is 3. The molecule has 0 spiro atoms. The molecule has 0 fully saturated rings. The molecule has 0 aliphatic heterocycles. The Balaban J connectivity index is 0.00000154. The average molecular weight is 645 g/mol. The van der Waals surface area contributed by atoms with E-state index in [-0.39, 0.29) is 11.4 Å². The number of aryl methyl sites for hydroxylation is 1. The second kappa shape index (κ2) is 16.4. The maximum atomic E-state index is 12.7. The molecule has 2 heterocycles. The molecule has 0 amide bonds. The van der Waals surface area contributed by atoms with Crippen molar-refractivity contribution in [2.75, 3.05) is 36.8 Å². The zero-order chi connectivity index (χ0) is 32.9. The summed E-state index contributed by atoms with van der Waals surface area (Å²) in [7, 11) is -2.19. The topological polar surface area (TPSA) is 139 Å². The van der Waals surface area contributed by atoms with Crippen LogP contribution in [-0.4, -0.2) is 66.2 Å². The van der Waals surface area contributed by atoms with Crippen LogP contribution in [0.25, 0.3) is 22.2 Å². The molecule has 0 bridgehead atoms. The predicted octanol–water partition coefficient (Wildman–Crippen LogP) is 6.47. The molecule has 12 heteroatoms. The van der Waals surface area contributed by atoms with Crippen molar-refractivity contribution in [1.82, 2.24) is 19.4 Å². The van der Waals surface area contributed by atoms with Gasteiger partial charge in [0, 0.05) is 46.6 Å². The molecule has 2 aromatic heterocycles. The highest BCUT2D eigenvalue weighted by molar-refractivity contribution is 7.92. The smallest absolute Gasteiger partial charge is 0.290 e. The normalized spacial score (nSPS) is 11.1. The minimum Gasteiger partial charge on any atom is -0.497 e. The van der Waals surface area contributed by atoms with Gasteiger partial charge < -0.3 is 24.6 Å². The number of methoxy groups -OCH3 is 1. The Kier molecular flexibility index (Phi) is 12.1. The number of fused-ring (bicyclic) bond motifs is 1. The number of nitrogens with one attached hydrogen (secondary N) is 2. The molecule has 0 aliphatic rings. The number of carbonyl (C=O) groups is 1. The van der Waals surface area contributed by atoms with Gasteiger partial charge in [0.15, 0.2) is 0 Å². The van der Waals surface area contributed by atoms with E-state index in [0.29, 0.717) is 17.3 Å². The fourth-order valence-electron chi connectivity index (χ4n) is 5.03. The van der Waals surface area contributed by atoms with Crippen LogP contribution in [0.1, 0.15) is 26.7 Å². The van der Waals surface area contributed by atoms with Crippen molar-refractivity contribution >= 4 is 44.6 Å². The van der Waals surface area contributed by atoms with Crippen LogP contribution in [0.5, 0.6) is 5.75 Å². The average Bonchev–Trinajstić information content (AvgIpc) is 3.48. The summed E-state index contributed by atoms with van der Waals surface area (Å²) < 4.78 is 35.5. The van der Waals surface area contributed by atoms with Crippen molar-refractivity contribution in [3.05, 3.63) is 91.4 Å². The Labute approximate surface area is 269 Å². The van der Waals surface area contributed by atoms with Crippen molar-refractivity contribution in [2.24, 2.45) is 0 Å². The van der Waals surface area contributed by atoms with Crippen LogP contribution in [0, 0.1) is 0 Å². The number of carboxylic acid groups (broad SMARTS) is 1. The lowest BCUT2D eigenvalue weighted by atomic mass is 10.1. The van der Waals surface area contributed by atoms with E-state index in [1.54, 1.807) is 42.7 Å². The zero-order valence-electron chi connectivity index (χ0n) is 26.3. The summed E-state index contributed by atoms with van der Waals surface area (Å²) in [5, 5.41) is 11.4. The Morgan fingerprint density at radius 1 is 0.913 bits per heavy atom. The molecule has 242 valence electrons. The maximum Gasteiger partial charge on any atom is 0.290 e. The molecule has 46 heavy (non-hydrogen) atoms. The van der Waals surface area contributed by atoms with Gasteiger partial charge in [0.05, 0.1) is 17.7 Å². The number of nitrogens with zero attached hydrogens (tertiary/aromatic N) is 4. The molecule has 5 rings (SSSR count). The van der Waals surface area contributed by atoms with E-state index in [0.717, 1.165) is 49.5 Å². The Bertz CT molecular complexity index is 1800. The first-order chi connectivity index (χ1) is 22.3. The summed E-state index contributed by atoms with van der Waals surface area (Å²) in [5.74, 6) is 1.23. The third kappa shape index (κ3) is 9.05. The van der Waals surface area contributed by atoms with Crippen LogP contribution in [-0.2, 0) is 21.4 Å². The van der Waals surface area contributed by atoms with Gasteiger partial charge in [0.25, 0.3) is 16.5 Å². The number of sulfonamides is 1. The molecule has 0 atom stereocenters. The van der Waals surface area contributed by atoms with Gasteiger partial charge in [-0.05, 0) is 99.2 Å². The van der Waals surface area contributed by atoms with Gasteiger partial charge in [0.1, 0.15) is 17.9 Å². The van der Waals surface area contributed by atoms with E-state index in [4.69, 9.17) is 14.6 Å². The van der Waals surface area contributed by atoms with Gasteiger partial charge >= 0.3 is 0 Å². The van der Waals surface area contributed by atoms with Crippen molar-refractivity contribution < 1.29 is 23.1 Å². The van der Waals surface area contributed by atoms with E-state index in [2.05, 4.69) is 73.8 Å². The zero-order valence-corrected chi connectivity index (χ0v) is 27.1. The van der Waals surface area contributed by atoms with Crippen LogP contribution < -0.4 is 14.8 Å². The summed E-state index contributed by atoms with van der Waals surface area (Å²) in [6.45, 7) is 8.55. The first-order valence-electron chi connectivity index (χ1n) is 15.1. The lowest BCUT2D eigenvalue weighted by Gasteiger charge is -2.17. The number of unbranched alkanes of at least 4 members (excludes halogenated alkanes) is 1. The summed E-state index contributed by atoms with van der Waals surface area (Å²) in [6, 6.07) is 23.7. The molecular weight excluding hydrogens is 604 g/mol. The molecule has 11 nitrogen and oxygen atoms in total. The van der Waals surface area contributed by atoms with E-state index >= 15 is 0 Å². The largest absolute Gasteiger partial charge is 0.497 e. The van der Waals surface area contributed by atoms with E-state index in [9.17, 15) is 8.42 Å². The third-order valence-electron chi connectivity index (χ3n) is 7.53. The number of hydrogen-bond donors (Lipinski definition) is 3. The molecule has 3 aromatic carbocycles. The highest BCUT2D eigenvalue weighted by Crippen LogP contribution is 2.27. The van der Waals surface area contributed by atoms with E-state index in [1.165, 1.54) is 36.6 Å². The SMILES string of the molecule is CCN(CC)CCCCn1ccc2cc(-c3cc(Nc4ccc(NS(=O)(=O)c5ccc(OC)cc5)cc4)ncn3)ccc21.O=CO. The maximum absolute atomic E-state index is 12.7. The monoisotopic (exact) mass is 644 g/mol. The third-order valence-corrected chi connectivity index (χ3v) is 8.93. The molecule has 3 N–H and O–H groups in total. The minimum atomic E-state index is -3.72. The second-order valence-corrected chi connectivity index (χ2v) is 12.1. The molecular formula is C34H40N6O5S. The highest BCUT2D eigenvalue weighted by Gasteiger charge is 2.14. The highest BCUT2D eigenvalue weighted by atomic mass is 32.2. The van der Waals surface area contributed by atoms with Gasteiger partial charge in [-0.2, -0.15) is 0 Å². The van der Waals surface area contributed by atoms with Crippen LogP contribution in [0.3, 0.4) is 0 Å². The number of hydrogen-bond acceptors (Lipinski definition) is 8. The van der Waals surface area contributed by atoms with Crippen molar-refractivity contribution in [3.8, 4) is 17.0 Å². The molecule has 5 aromatic rings. The van der Waals surface area contributed by atoms with Crippen molar-refractivity contribution in [3.63, 3.8) is 0 Å². The Hall–Kier alpha value is -4.94. The summed E-state index contributed by atoms with van der Waals surface area (Å²) in [4.78, 5) is 19.9. The fraction of sp³-hybridized carbons (Fsp3) is 0.265. The molecule has 0 saturated carbocycles. The quantitative estimate of drug-likeness (QED) is 0.0916. The molecule has 0 unspecified atom stereocenters. The summed E-state index contributed by atoms with van der Waals surface area (Å²) in [5.41, 5.74) is 4.27. The predicted molar refractivity (Wildman–Crippen MR) is 182 cm³/mol. The first kappa shape index (κ1) is 33.9. The molecule has 0 aliphatic carbocycles. The number of benzene rings is 3. The molecule has 0 radical (unpaired) electrons. The van der Waals surface area contributed by atoms with Gasteiger partial charge in [-0.3, -0.25) is 9.52 Å². The Morgan fingerprint density at radius 3 is 2.28 bits per heavy atom. The fourth-order valence-corrected chi connectivity index (χ4v) is 6.09. The van der Waals surface area contributed by atoms with Crippen LogP contribution in [0.15, 0.2) is 96.3 Å². The standard InChI is InChI=1S/C33H38N6O3S.CH2O2/c1-4-38(5-2)19-6-7-20-39-21-18-26-22-25(8-17-32(26)39)31-23-33(35-24-34-31)36-27-9-11-28(12-10-27)37-43(40,41)30-15-13-29(42-3)14-16-30;2-1-3/h8-18,21-24,37H,4-7,19-20H2,1-3H3,(H,34,35,36);1H,(H,2,3). The van der Waals surface area contributed by atoms with Gasteiger partial charge in [-0.1, -0.05) is 19.9 Å². The van der Waals surface area contributed by atoms with Crippen LogP contribution in [0.4, 0.5) is 17.2 Å². The van der Waals surface area contributed by atoms with Crippen molar-refractivity contribution in [1.29, 1.82) is 0 Å². The van der Waals surface area contributed by atoms with Crippen LogP contribution in [0.2, 0.25) is 0 Å². The van der Waals surface area contributed by atoms with Gasteiger partial charge in [-0.15, -0.1) is 0 Å². The van der Waals surface area contributed by atoms with E-state index in [1.807, 2.05) is 6.07 Å². The van der Waals surface area contributed by atoms with Crippen LogP contribution >= 0.6 is 0 Å². The van der Waals surface area contributed by atoms with Crippen molar-refractivity contribution in [2.45, 2.75) is 38.1 Å². The summed E-state index contributed by atoms with van der Waals surface area (Å²) >= 11 is 0. The lowest BCUT2D eigenvalue weighted by Crippen LogP contribution is -2.24. The first-order valence-corrected chi connectivity index (χ1v) is 16.5. The Morgan fingerprint density at radius 2 is 1.61 bits per heavy atom. The van der Waals surface area contributed by atoms with Gasteiger partial charge in [0.2, 0.25) is 0 Å².